The first kappa shape index (κ1) is 11.0. The van der Waals surface area contributed by atoms with Crippen molar-refractivity contribution in [2.24, 2.45) is 5.92 Å². The molecule has 1 fully saturated rings. The number of alkyl halides is 2. The van der Waals surface area contributed by atoms with Gasteiger partial charge in [-0.15, -0.1) is 0 Å². The third kappa shape index (κ3) is 2.21. The first-order valence-electron chi connectivity index (χ1n) is 5.16. The molecule has 2 aliphatic rings. The summed E-state index contributed by atoms with van der Waals surface area (Å²) in [5.41, 5.74) is 1.08. The molecule has 0 N–H and O–H groups in total. The van der Waals surface area contributed by atoms with Gasteiger partial charge < -0.3 is 4.90 Å². The standard InChI is InChI=1S/C11H13Cl2NO/c12-10(13)11(15)14-7-3-5-8-4-1-2-6-9(8)14/h1-2,6,8,10H,3-5,7H2. The Morgan fingerprint density at radius 2 is 2.33 bits per heavy atom. The normalized spacial score (nSPS) is 25.1. The molecular weight excluding hydrogens is 233 g/mol. The summed E-state index contributed by atoms with van der Waals surface area (Å²) >= 11 is 11.2. The first-order valence-corrected chi connectivity index (χ1v) is 6.03. The molecule has 1 aliphatic carbocycles. The molecule has 1 aliphatic heterocycles. The van der Waals surface area contributed by atoms with Crippen molar-refractivity contribution in [2.75, 3.05) is 6.54 Å². The molecular formula is C11H13Cl2NO. The number of rotatable bonds is 1. The lowest BCUT2D eigenvalue weighted by Crippen LogP contribution is -2.41. The van der Waals surface area contributed by atoms with Crippen LogP contribution >= 0.6 is 23.2 Å². The van der Waals surface area contributed by atoms with Crippen LogP contribution in [0.3, 0.4) is 0 Å². The van der Waals surface area contributed by atoms with Crippen LogP contribution in [0.2, 0.25) is 0 Å². The highest BCUT2D eigenvalue weighted by molar-refractivity contribution is 6.53. The molecule has 4 heteroatoms. The van der Waals surface area contributed by atoms with E-state index >= 15 is 0 Å². The van der Waals surface area contributed by atoms with Crippen molar-refractivity contribution in [2.45, 2.75) is 24.1 Å². The quantitative estimate of drug-likeness (QED) is 0.651. The van der Waals surface area contributed by atoms with Gasteiger partial charge in [0.2, 0.25) is 0 Å². The highest BCUT2D eigenvalue weighted by Gasteiger charge is 2.31. The number of hydrogen-bond donors (Lipinski definition) is 0. The summed E-state index contributed by atoms with van der Waals surface area (Å²) in [5, 5.41) is 0. The summed E-state index contributed by atoms with van der Waals surface area (Å²) in [7, 11) is 0. The number of carbonyl (C=O) groups is 1. The van der Waals surface area contributed by atoms with Gasteiger partial charge in [0.25, 0.3) is 5.91 Å². The molecule has 0 radical (unpaired) electrons. The average Bonchev–Trinajstić information content (AvgIpc) is 2.27. The number of amides is 1. The molecule has 0 aromatic heterocycles. The number of fused-ring (bicyclic) bond motifs is 1. The van der Waals surface area contributed by atoms with Crippen LogP contribution in [-0.4, -0.2) is 22.2 Å². The minimum Gasteiger partial charge on any atom is -0.314 e. The minimum absolute atomic E-state index is 0.190. The van der Waals surface area contributed by atoms with Crippen LogP contribution in [0.1, 0.15) is 19.3 Å². The second-order valence-electron chi connectivity index (χ2n) is 3.89. The zero-order valence-electron chi connectivity index (χ0n) is 8.33. The van der Waals surface area contributed by atoms with Gasteiger partial charge in [0.15, 0.2) is 4.84 Å². The molecule has 0 bridgehead atoms. The van der Waals surface area contributed by atoms with E-state index in [9.17, 15) is 4.79 Å². The van der Waals surface area contributed by atoms with Gasteiger partial charge in [0.1, 0.15) is 0 Å². The van der Waals surface area contributed by atoms with E-state index in [2.05, 4.69) is 6.08 Å². The summed E-state index contributed by atoms with van der Waals surface area (Å²) in [6.45, 7) is 0.741. The molecule has 0 aromatic rings. The van der Waals surface area contributed by atoms with Crippen LogP contribution in [0, 0.1) is 5.92 Å². The fourth-order valence-electron chi connectivity index (χ4n) is 2.22. The number of nitrogens with zero attached hydrogens (tertiary/aromatic N) is 1. The molecule has 1 amide bonds. The first-order chi connectivity index (χ1) is 7.20. The molecule has 82 valence electrons. The van der Waals surface area contributed by atoms with Crippen molar-refractivity contribution in [1.29, 1.82) is 0 Å². The molecule has 1 saturated heterocycles. The molecule has 0 saturated carbocycles. The van der Waals surface area contributed by atoms with Crippen LogP contribution in [0.25, 0.3) is 0 Å². The predicted octanol–water partition coefficient (Wildman–Crippen LogP) is 2.87. The topological polar surface area (TPSA) is 20.3 Å². The molecule has 1 heterocycles. The zero-order chi connectivity index (χ0) is 10.8. The number of halogens is 2. The maximum Gasteiger partial charge on any atom is 0.260 e. The Kier molecular flexibility index (Phi) is 3.37. The van der Waals surface area contributed by atoms with Crippen molar-refractivity contribution in [3.63, 3.8) is 0 Å². The van der Waals surface area contributed by atoms with Gasteiger partial charge in [-0.3, -0.25) is 4.79 Å². The Hall–Kier alpha value is -0.470. The number of piperidine rings is 1. The monoisotopic (exact) mass is 245 g/mol. The molecule has 15 heavy (non-hydrogen) atoms. The van der Waals surface area contributed by atoms with Crippen LogP contribution in [0.5, 0.6) is 0 Å². The highest BCUT2D eigenvalue weighted by Crippen LogP contribution is 2.33. The van der Waals surface area contributed by atoms with E-state index in [0.717, 1.165) is 31.5 Å². The molecule has 2 rings (SSSR count). The SMILES string of the molecule is O=C(C(Cl)Cl)N1CCCC2CC=CC=C21. The Morgan fingerprint density at radius 1 is 1.53 bits per heavy atom. The van der Waals surface area contributed by atoms with Crippen LogP contribution in [-0.2, 0) is 4.79 Å². The van der Waals surface area contributed by atoms with E-state index in [-0.39, 0.29) is 5.91 Å². The van der Waals surface area contributed by atoms with Crippen LogP contribution in [0.4, 0.5) is 0 Å². The van der Waals surface area contributed by atoms with Gasteiger partial charge >= 0.3 is 0 Å². The fourth-order valence-corrected chi connectivity index (χ4v) is 2.46. The minimum atomic E-state index is -0.949. The third-order valence-corrected chi connectivity index (χ3v) is 3.31. The number of likely N-dealkylation sites (tertiary alicyclic amines) is 1. The second-order valence-corrected chi connectivity index (χ2v) is 4.98. The average molecular weight is 246 g/mol. The van der Waals surface area contributed by atoms with Crippen LogP contribution in [0.15, 0.2) is 23.9 Å². The summed E-state index contributed by atoms with van der Waals surface area (Å²) in [5.74, 6) is 0.282. The molecule has 1 atom stereocenters. The molecule has 0 aromatic carbocycles. The lowest BCUT2D eigenvalue weighted by molar-refractivity contribution is -0.128. The Labute approximate surface area is 99.5 Å². The second kappa shape index (κ2) is 4.58. The lowest BCUT2D eigenvalue weighted by atomic mass is 9.88. The Morgan fingerprint density at radius 3 is 3.07 bits per heavy atom. The fraction of sp³-hybridized carbons (Fsp3) is 0.545. The smallest absolute Gasteiger partial charge is 0.260 e. The summed E-state index contributed by atoms with van der Waals surface area (Å²) < 4.78 is 0. The van der Waals surface area contributed by atoms with E-state index in [1.165, 1.54) is 0 Å². The Bertz CT molecular complexity index is 323. The van der Waals surface area contributed by atoms with Crippen molar-refractivity contribution < 1.29 is 4.79 Å². The molecule has 0 spiro atoms. The van der Waals surface area contributed by atoms with E-state index in [1.54, 1.807) is 4.90 Å². The predicted molar refractivity (Wildman–Crippen MR) is 61.8 cm³/mol. The lowest BCUT2D eigenvalue weighted by Gasteiger charge is -2.36. The Balaban J connectivity index is 2.20. The summed E-state index contributed by atoms with van der Waals surface area (Å²) in [4.78, 5) is 12.5. The van der Waals surface area contributed by atoms with Gasteiger partial charge in [0.05, 0.1) is 0 Å². The van der Waals surface area contributed by atoms with E-state index in [1.807, 2.05) is 12.2 Å². The van der Waals surface area contributed by atoms with Crippen molar-refractivity contribution in [1.82, 2.24) is 4.90 Å². The third-order valence-electron chi connectivity index (χ3n) is 2.94. The van der Waals surface area contributed by atoms with Gasteiger partial charge in [0, 0.05) is 18.2 Å². The van der Waals surface area contributed by atoms with Crippen molar-refractivity contribution in [3.05, 3.63) is 23.9 Å². The maximum absolute atomic E-state index is 11.7. The summed E-state index contributed by atoms with van der Waals surface area (Å²) in [6.07, 6.45) is 9.33. The summed E-state index contributed by atoms with van der Waals surface area (Å²) in [6, 6.07) is 0. The van der Waals surface area contributed by atoms with Crippen molar-refractivity contribution >= 4 is 29.1 Å². The van der Waals surface area contributed by atoms with Crippen LogP contribution < -0.4 is 0 Å². The van der Waals surface area contributed by atoms with Gasteiger partial charge in [-0.05, 0) is 25.3 Å². The largest absolute Gasteiger partial charge is 0.314 e. The number of hydrogen-bond acceptors (Lipinski definition) is 1. The van der Waals surface area contributed by atoms with Gasteiger partial charge in [-0.2, -0.15) is 0 Å². The molecule has 2 nitrogen and oxygen atoms in total. The number of carbonyl (C=O) groups excluding carboxylic acids is 1. The van der Waals surface area contributed by atoms with E-state index in [0.29, 0.717) is 5.92 Å². The van der Waals surface area contributed by atoms with Gasteiger partial charge in [-0.1, -0.05) is 35.4 Å². The highest BCUT2D eigenvalue weighted by atomic mass is 35.5. The van der Waals surface area contributed by atoms with E-state index < -0.39 is 4.84 Å². The van der Waals surface area contributed by atoms with Gasteiger partial charge in [-0.25, -0.2) is 0 Å². The van der Waals surface area contributed by atoms with E-state index in [4.69, 9.17) is 23.2 Å². The molecule has 1 unspecified atom stereocenters. The number of allylic oxidation sites excluding steroid dienone is 4. The zero-order valence-corrected chi connectivity index (χ0v) is 9.84. The van der Waals surface area contributed by atoms with Crippen molar-refractivity contribution in [3.8, 4) is 0 Å². The maximum atomic E-state index is 11.7.